The Hall–Kier alpha value is -1.91. The van der Waals surface area contributed by atoms with E-state index in [-0.39, 0.29) is 16.7 Å². The van der Waals surface area contributed by atoms with Crippen LogP contribution in [0.25, 0.3) is 0 Å². The highest BCUT2D eigenvalue weighted by Crippen LogP contribution is 2.40. The number of carbonyl (C=O) groups excluding carboxylic acids is 1. The summed E-state index contributed by atoms with van der Waals surface area (Å²) in [7, 11) is -0.617. The molecule has 1 fully saturated rings. The SMILES string of the molecule is CC(Sc1nnc(C(C)C)n1C1CC1)C(=O)Nc1cccc(S(=O)(=O)N(C)C)c1. The Labute approximate surface area is 176 Å². The quantitative estimate of drug-likeness (QED) is 0.638. The number of nitrogens with zero attached hydrogens (tertiary/aromatic N) is 4. The van der Waals surface area contributed by atoms with Crippen molar-refractivity contribution in [1.29, 1.82) is 0 Å². The smallest absolute Gasteiger partial charge is 0.242 e. The van der Waals surface area contributed by atoms with Crippen molar-refractivity contribution in [2.75, 3.05) is 19.4 Å². The summed E-state index contributed by atoms with van der Waals surface area (Å²) in [6.45, 7) is 5.98. The molecule has 8 nitrogen and oxygen atoms in total. The van der Waals surface area contributed by atoms with Gasteiger partial charge in [-0.2, -0.15) is 0 Å². The maximum atomic E-state index is 12.7. The average molecular weight is 438 g/mol. The van der Waals surface area contributed by atoms with Crippen LogP contribution in [-0.2, 0) is 14.8 Å². The van der Waals surface area contributed by atoms with Gasteiger partial charge < -0.3 is 9.88 Å². The van der Waals surface area contributed by atoms with E-state index in [1.165, 1.54) is 38.0 Å². The molecule has 1 amide bonds. The lowest BCUT2D eigenvalue weighted by Gasteiger charge is -2.15. The van der Waals surface area contributed by atoms with E-state index in [9.17, 15) is 13.2 Å². The predicted molar refractivity (Wildman–Crippen MR) is 114 cm³/mol. The maximum Gasteiger partial charge on any atom is 0.242 e. The summed E-state index contributed by atoms with van der Waals surface area (Å²) in [5.41, 5.74) is 0.442. The molecule has 1 unspecified atom stereocenters. The molecule has 1 aliphatic rings. The highest BCUT2D eigenvalue weighted by Gasteiger charge is 2.31. The average Bonchev–Trinajstić information content (AvgIpc) is 3.41. The third-order valence-corrected chi connectivity index (χ3v) is 7.52. The second-order valence-corrected chi connectivity index (χ2v) is 11.1. The lowest BCUT2D eigenvalue weighted by atomic mass is 10.2. The highest BCUT2D eigenvalue weighted by atomic mass is 32.2. The second-order valence-electron chi connectivity index (χ2n) is 7.66. The number of sulfonamides is 1. The molecule has 1 aliphatic carbocycles. The van der Waals surface area contributed by atoms with Crippen molar-refractivity contribution in [1.82, 2.24) is 19.1 Å². The molecule has 0 aliphatic heterocycles. The van der Waals surface area contributed by atoms with Gasteiger partial charge in [-0.05, 0) is 38.0 Å². The molecule has 1 atom stereocenters. The first kappa shape index (κ1) is 21.8. The molecule has 1 aromatic carbocycles. The summed E-state index contributed by atoms with van der Waals surface area (Å²) in [6, 6.07) is 6.69. The van der Waals surface area contributed by atoms with E-state index in [1.54, 1.807) is 19.1 Å². The molecule has 29 heavy (non-hydrogen) atoms. The fourth-order valence-corrected chi connectivity index (χ4v) is 4.71. The van der Waals surface area contributed by atoms with E-state index in [0.717, 1.165) is 28.1 Å². The summed E-state index contributed by atoms with van der Waals surface area (Å²) in [5.74, 6) is 0.998. The van der Waals surface area contributed by atoms with Gasteiger partial charge in [0.25, 0.3) is 0 Å². The first-order valence-corrected chi connectivity index (χ1v) is 11.9. The lowest BCUT2D eigenvalue weighted by Crippen LogP contribution is -2.24. The molecule has 1 N–H and O–H groups in total. The largest absolute Gasteiger partial charge is 0.325 e. The fourth-order valence-electron chi connectivity index (χ4n) is 2.84. The zero-order valence-corrected chi connectivity index (χ0v) is 18.9. The minimum Gasteiger partial charge on any atom is -0.325 e. The Kier molecular flexibility index (Phi) is 6.35. The number of amides is 1. The van der Waals surface area contributed by atoms with Gasteiger partial charge in [-0.3, -0.25) is 4.79 Å². The Morgan fingerprint density at radius 2 is 1.93 bits per heavy atom. The molecule has 158 valence electrons. The van der Waals surface area contributed by atoms with E-state index in [0.29, 0.717) is 11.7 Å². The molecule has 0 spiro atoms. The zero-order chi connectivity index (χ0) is 21.3. The van der Waals surface area contributed by atoms with Gasteiger partial charge >= 0.3 is 0 Å². The first-order chi connectivity index (χ1) is 13.6. The van der Waals surface area contributed by atoms with Gasteiger partial charge in [-0.25, -0.2) is 12.7 Å². The van der Waals surface area contributed by atoms with Crippen molar-refractivity contribution in [3.8, 4) is 0 Å². The monoisotopic (exact) mass is 437 g/mol. The van der Waals surface area contributed by atoms with Crippen LogP contribution in [0.3, 0.4) is 0 Å². The van der Waals surface area contributed by atoms with Crippen molar-refractivity contribution < 1.29 is 13.2 Å². The van der Waals surface area contributed by atoms with Crippen molar-refractivity contribution >= 4 is 33.4 Å². The molecule has 1 saturated carbocycles. The Morgan fingerprint density at radius 3 is 2.52 bits per heavy atom. The van der Waals surface area contributed by atoms with Crippen molar-refractivity contribution in [3.05, 3.63) is 30.1 Å². The van der Waals surface area contributed by atoms with Crippen molar-refractivity contribution in [3.63, 3.8) is 0 Å². The highest BCUT2D eigenvalue weighted by molar-refractivity contribution is 8.00. The molecule has 0 radical (unpaired) electrons. The van der Waals surface area contributed by atoms with E-state index in [4.69, 9.17) is 0 Å². The van der Waals surface area contributed by atoms with Gasteiger partial charge in [0.15, 0.2) is 5.16 Å². The van der Waals surface area contributed by atoms with Gasteiger partial charge in [0.1, 0.15) is 5.82 Å². The fraction of sp³-hybridized carbons (Fsp3) is 0.526. The van der Waals surface area contributed by atoms with Gasteiger partial charge in [0.05, 0.1) is 10.1 Å². The van der Waals surface area contributed by atoms with Crippen molar-refractivity contribution in [2.24, 2.45) is 0 Å². The summed E-state index contributed by atoms with van der Waals surface area (Å²) >= 11 is 1.37. The van der Waals surface area contributed by atoms with Crippen LogP contribution in [0.4, 0.5) is 5.69 Å². The van der Waals surface area contributed by atoms with Gasteiger partial charge in [0, 0.05) is 31.7 Å². The number of aromatic nitrogens is 3. The zero-order valence-electron chi connectivity index (χ0n) is 17.3. The van der Waals surface area contributed by atoms with Gasteiger partial charge in [-0.1, -0.05) is 31.7 Å². The first-order valence-electron chi connectivity index (χ1n) is 9.56. The molecule has 0 bridgehead atoms. The lowest BCUT2D eigenvalue weighted by molar-refractivity contribution is -0.115. The van der Waals surface area contributed by atoms with E-state index < -0.39 is 15.3 Å². The molecular formula is C19H27N5O3S2. The third-order valence-electron chi connectivity index (χ3n) is 4.65. The standard InChI is InChI=1S/C19H27N5O3S2/c1-12(2)17-21-22-19(24(17)15-9-10-15)28-13(3)18(25)20-14-7-6-8-16(11-14)29(26,27)23(4)5/h6-8,11-13,15H,9-10H2,1-5H3,(H,20,25). The maximum absolute atomic E-state index is 12.7. The number of rotatable bonds is 8. The summed E-state index contributed by atoms with van der Waals surface area (Å²) in [5, 5.41) is 11.8. The van der Waals surface area contributed by atoms with Crippen LogP contribution in [0.15, 0.2) is 34.3 Å². The van der Waals surface area contributed by atoms with E-state index >= 15 is 0 Å². The Morgan fingerprint density at radius 1 is 1.24 bits per heavy atom. The molecule has 2 aromatic rings. The van der Waals surface area contributed by atoms with Crippen LogP contribution < -0.4 is 5.32 Å². The second kappa shape index (κ2) is 8.45. The normalized spacial score (nSPS) is 15.7. The van der Waals surface area contributed by atoms with E-state index in [2.05, 4.69) is 33.9 Å². The molecule has 10 heteroatoms. The summed E-state index contributed by atoms with van der Waals surface area (Å²) in [4.78, 5) is 12.8. The van der Waals surface area contributed by atoms with E-state index in [1.807, 2.05) is 0 Å². The minimum atomic E-state index is -3.56. The van der Waals surface area contributed by atoms with Crippen LogP contribution in [-0.4, -0.2) is 52.7 Å². The van der Waals surface area contributed by atoms with Crippen LogP contribution in [0.5, 0.6) is 0 Å². The molecule has 3 rings (SSSR count). The number of nitrogens with one attached hydrogen (secondary N) is 1. The number of anilines is 1. The van der Waals surface area contributed by atoms with Gasteiger partial charge in [-0.15, -0.1) is 10.2 Å². The Balaban J connectivity index is 1.73. The molecule has 1 heterocycles. The van der Waals surface area contributed by atoms with Gasteiger partial charge in [0.2, 0.25) is 15.9 Å². The third kappa shape index (κ3) is 4.81. The molecule has 1 aromatic heterocycles. The number of thioether (sulfide) groups is 1. The number of hydrogen-bond acceptors (Lipinski definition) is 6. The Bertz CT molecular complexity index is 997. The topological polar surface area (TPSA) is 97.2 Å². The van der Waals surface area contributed by atoms with Crippen molar-refractivity contribution in [2.45, 2.75) is 60.9 Å². The molecular weight excluding hydrogens is 410 g/mol. The molecule has 0 saturated heterocycles. The van der Waals surface area contributed by atoms with Crippen LogP contribution in [0, 0.1) is 0 Å². The minimum absolute atomic E-state index is 0.135. The predicted octanol–water partition coefficient (Wildman–Crippen LogP) is 3.11. The number of carbonyl (C=O) groups is 1. The summed E-state index contributed by atoms with van der Waals surface area (Å²) < 4.78 is 27.9. The van der Waals surface area contributed by atoms with Crippen LogP contribution >= 0.6 is 11.8 Å². The number of hydrogen-bond donors (Lipinski definition) is 1. The van der Waals surface area contributed by atoms with Crippen LogP contribution in [0.2, 0.25) is 0 Å². The number of benzene rings is 1. The summed E-state index contributed by atoms with van der Waals surface area (Å²) in [6.07, 6.45) is 2.22. The van der Waals surface area contributed by atoms with Crippen LogP contribution in [0.1, 0.15) is 51.4 Å².